The lowest BCUT2D eigenvalue weighted by atomic mass is 10.1. The van der Waals surface area contributed by atoms with Crippen LogP contribution in [0.3, 0.4) is 0 Å². The average Bonchev–Trinajstić information content (AvgIpc) is 2.61. The number of rotatable bonds is 3. The standard InChI is InChI=1S/C10H14N4O2/c1-3-6(2)4-14-5-11-7-8(14)12-10(16)13-9(7)15/h5-6H,3-4H2,1-2H3,(H2,12,13,15,16). The number of H-pyrrole nitrogens is 2. The van der Waals surface area contributed by atoms with E-state index in [1.807, 2.05) is 0 Å². The van der Waals surface area contributed by atoms with E-state index >= 15 is 0 Å². The van der Waals surface area contributed by atoms with Gasteiger partial charge in [0.25, 0.3) is 5.56 Å². The third-order valence-corrected chi connectivity index (χ3v) is 2.72. The molecule has 0 amide bonds. The van der Waals surface area contributed by atoms with E-state index in [1.165, 1.54) is 0 Å². The molecule has 1 unspecified atom stereocenters. The summed E-state index contributed by atoms with van der Waals surface area (Å²) in [5.41, 5.74) is -0.165. The quantitative estimate of drug-likeness (QED) is 0.791. The van der Waals surface area contributed by atoms with Gasteiger partial charge in [0.1, 0.15) is 5.65 Å². The molecular weight excluding hydrogens is 208 g/mol. The van der Waals surface area contributed by atoms with E-state index in [-0.39, 0.29) is 5.52 Å². The summed E-state index contributed by atoms with van der Waals surface area (Å²) in [5, 5.41) is 0. The van der Waals surface area contributed by atoms with Crippen LogP contribution in [0.4, 0.5) is 0 Å². The Morgan fingerprint density at radius 2 is 2.19 bits per heavy atom. The van der Waals surface area contributed by atoms with E-state index in [1.54, 1.807) is 10.9 Å². The molecule has 0 radical (unpaired) electrons. The highest BCUT2D eigenvalue weighted by molar-refractivity contribution is 5.68. The van der Waals surface area contributed by atoms with Crippen LogP contribution in [0.1, 0.15) is 20.3 Å². The molecule has 0 aliphatic carbocycles. The maximum Gasteiger partial charge on any atom is 0.327 e. The fraction of sp³-hybridized carbons (Fsp3) is 0.500. The Kier molecular flexibility index (Phi) is 2.64. The van der Waals surface area contributed by atoms with E-state index in [9.17, 15) is 9.59 Å². The molecule has 0 fully saturated rings. The summed E-state index contributed by atoms with van der Waals surface area (Å²) in [4.78, 5) is 31.3. The van der Waals surface area contributed by atoms with Crippen molar-refractivity contribution in [2.75, 3.05) is 0 Å². The van der Waals surface area contributed by atoms with Crippen molar-refractivity contribution < 1.29 is 0 Å². The molecule has 2 rings (SSSR count). The Bertz CT molecular complexity index is 607. The molecule has 0 saturated carbocycles. The number of aromatic amines is 2. The normalized spacial score (nSPS) is 13.1. The largest absolute Gasteiger partial charge is 0.327 e. The highest BCUT2D eigenvalue weighted by Gasteiger charge is 2.09. The van der Waals surface area contributed by atoms with Gasteiger partial charge in [0.05, 0.1) is 6.33 Å². The van der Waals surface area contributed by atoms with Crippen LogP contribution in [-0.2, 0) is 6.54 Å². The SMILES string of the molecule is CCC(C)Cn1cnc2c(=O)[nH]c(=O)[nH]c21. The Balaban J connectivity index is 2.56. The van der Waals surface area contributed by atoms with Gasteiger partial charge in [-0.15, -0.1) is 0 Å². The van der Waals surface area contributed by atoms with Crippen molar-refractivity contribution in [1.82, 2.24) is 19.5 Å². The number of imidazole rings is 1. The van der Waals surface area contributed by atoms with Crippen LogP contribution in [0, 0.1) is 5.92 Å². The summed E-state index contributed by atoms with van der Waals surface area (Å²) >= 11 is 0. The highest BCUT2D eigenvalue weighted by atomic mass is 16.2. The van der Waals surface area contributed by atoms with E-state index in [0.29, 0.717) is 11.6 Å². The minimum atomic E-state index is -0.497. The van der Waals surface area contributed by atoms with Gasteiger partial charge >= 0.3 is 5.69 Å². The van der Waals surface area contributed by atoms with Gasteiger partial charge in [-0.2, -0.15) is 0 Å². The molecule has 6 heteroatoms. The van der Waals surface area contributed by atoms with Crippen molar-refractivity contribution >= 4 is 11.2 Å². The summed E-state index contributed by atoms with van der Waals surface area (Å²) in [7, 11) is 0. The molecule has 0 saturated heterocycles. The zero-order valence-corrected chi connectivity index (χ0v) is 9.28. The van der Waals surface area contributed by atoms with Crippen LogP contribution in [0.25, 0.3) is 11.2 Å². The van der Waals surface area contributed by atoms with Crippen molar-refractivity contribution in [2.24, 2.45) is 5.92 Å². The van der Waals surface area contributed by atoms with Gasteiger partial charge in [-0.3, -0.25) is 14.8 Å². The molecule has 0 aliphatic rings. The lowest BCUT2D eigenvalue weighted by molar-refractivity contribution is 0.474. The molecule has 6 nitrogen and oxygen atoms in total. The van der Waals surface area contributed by atoms with Crippen LogP contribution in [0.15, 0.2) is 15.9 Å². The van der Waals surface area contributed by atoms with E-state index in [4.69, 9.17) is 0 Å². The highest BCUT2D eigenvalue weighted by Crippen LogP contribution is 2.09. The van der Waals surface area contributed by atoms with Crippen molar-refractivity contribution in [3.05, 3.63) is 27.2 Å². The summed E-state index contributed by atoms with van der Waals surface area (Å²) in [6, 6.07) is 0. The predicted molar refractivity (Wildman–Crippen MR) is 60.4 cm³/mol. The molecule has 2 aromatic rings. The number of nitrogens with one attached hydrogen (secondary N) is 2. The first-order valence-electron chi connectivity index (χ1n) is 5.29. The minimum Gasteiger partial charge on any atom is -0.316 e. The Morgan fingerprint density at radius 1 is 1.44 bits per heavy atom. The average molecular weight is 222 g/mol. The monoisotopic (exact) mass is 222 g/mol. The van der Waals surface area contributed by atoms with Crippen molar-refractivity contribution in [2.45, 2.75) is 26.8 Å². The van der Waals surface area contributed by atoms with Gasteiger partial charge in [0.2, 0.25) is 0 Å². The second-order valence-corrected chi connectivity index (χ2v) is 4.02. The molecule has 0 spiro atoms. The van der Waals surface area contributed by atoms with Crippen LogP contribution in [0.2, 0.25) is 0 Å². The summed E-state index contributed by atoms with van der Waals surface area (Å²) in [6.07, 6.45) is 2.62. The fourth-order valence-corrected chi connectivity index (χ4v) is 1.58. The van der Waals surface area contributed by atoms with Gasteiger partial charge < -0.3 is 4.57 Å². The second kappa shape index (κ2) is 3.96. The van der Waals surface area contributed by atoms with Gasteiger partial charge in [-0.25, -0.2) is 9.78 Å². The van der Waals surface area contributed by atoms with Crippen molar-refractivity contribution in [3.63, 3.8) is 0 Å². The Labute approximate surface area is 91.3 Å². The lowest BCUT2D eigenvalue weighted by Gasteiger charge is -2.09. The molecule has 0 aromatic carbocycles. The topological polar surface area (TPSA) is 83.5 Å². The Morgan fingerprint density at radius 3 is 2.88 bits per heavy atom. The molecule has 86 valence electrons. The predicted octanol–water partition coefficient (Wildman–Crippen LogP) is 0.459. The number of aromatic nitrogens is 4. The molecule has 0 bridgehead atoms. The molecular formula is C10H14N4O2. The van der Waals surface area contributed by atoms with Gasteiger partial charge in [0.15, 0.2) is 5.52 Å². The first kappa shape index (κ1) is 10.7. The number of fused-ring (bicyclic) bond motifs is 1. The first-order valence-corrected chi connectivity index (χ1v) is 5.29. The maximum absolute atomic E-state index is 11.4. The molecule has 16 heavy (non-hydrogen) atoms. The molecule has 2 aromatic heterocycles. The number of nitrogens with zero attached hydrogens (tertiary/aromatic N) is 2. The lowest BCUT2D eigenvalue weighted by Crippen LogP contribution is -2.23. The maximum atomic E-state index is 11.4. The first-order chi connectivity index (χ1) is 7.61. The molecule has 0 aliphatic heterocycles. The van der Waals surface area contributed by atoms with Crippen LogP contribution in [-0.4, -0.2) is 19.5 Å². The Hall–Kier alpha value is -1.85. The molecule has 2 heterocycles. The smallest absolute Gasteiger partial charge is 0.316 e. The second-order valence-electron chi connectivity index (χ2n) is 4.02. The zero-order valence-electron chi connectivity index (χ0n) is 9.28. The number of hydrogen-bond acceptors (Lipinski definition) is 3. The van der Waals surface area contributed by atoms with E-state index in [2.05, 4.69) is 28.8 Å². The summed E-state index contributed by atoms with van der Waals surface area (Å²) in [6.45, 7) is 4.95. The zero-order chi connectivity index (χ0) is 11.7. The van der Waals surface area contributed by atoms with E-state index < -0.39 is 11.2 Å². The van der Waals surface area contributed by atoms with Crippen LogP contribution < -0.4 is 11.2 Å². The third-order valence-electron chi connectivity index (χ3n) is 2.72. The van der Waals surface area contributed by atoms with E-state index in [0.717, 1.165) is 13.0 Å². The third kappa shape index (κ3) is 1.78. The molecule has 2 N–H and O–H groups in total. The molecule has 1 atom stereocenters. The fourth-order valence-electron chi connectivity index (χ4n) is 1.58. The van der Waals surface area contributed by atoms with Crippen molar-refractivity contribution in [3.8, 4) is 0 Å². The van der Waals surface area contributed by atoms with Crippen LogP contribution in [0.5, 0.6) is 0 Å². The van der Waals surface area contributed by atoms with Crippen molar-refractivity contribution in [1.29, 1.82) is 0 Å². The summed E-state index contributed by atoms with van der Waals surface area (Å²) in [5.74, 6) is 0.472. The van der Waals surface area contributed by atoms with Gasteiger partial charge in [0, 0.05) is 6.54 Å². The van der Waals surface area contributed by atoms with Gasteiger partial charge in [-0.1, -0.05) is 20.3 Å². The number of hydrogen-bond donors (Lipinski definition) is 2. The van der Waals surface area contributed by atoms with Gasteiger partial charge in [-0.05, 0) is 5.92 Å². The minimum absolute atomic E-state index is 0.280. The summed E-state index contributed by atoms with van der Waals surface area (Å²) < 4.78 is 1.81. The van der Waals surface area contributed by atoms with Crippen LogP contribution >= 0.6 is 0 Å².